The summed E-state index contributed by atoms with van der Waals surface area (Å²) >= 11 is 0. The van der Waals surface area contributed by atoms with E-state index >= 15 is 0 Å². The Balaban J connectivity index is 2.03. The number of rotatable bonds is 2. The SMILES string of the molecule is COc1ccc2c(c1)C(c1cccc(F)c1)NC2. The van der Waals surface area contributed by atoms with Crippen molar-refractivity contribution >= 4 is 0 Å². The number of hydrogen-bond donors (Lipinski definition) is 1. The fourth-order valence-corrected chi connectivity index (χ4v) is 2.44. The highest BCUT2D eigenvalue weighted by atomic mass is 19.1. The van der Waals surface area contributed by atoms with Crippen molar-refractivity contribution in [3.63, 3.8) is 0 Å². The van der Waals surface area contributed by atoms with Gasteiger partial charge in [-0.3, -0.25) is 0 Å². The lowest BCUT2D eigenvalue weighted by atomic mass is 9.98. The van der Waals surface area contributed by atoms with Crippen molar-refractivity contribution in [1.29, 1.82) is 0 Å². The number of halogens is 1. The molecule has 1 atom stereocenters. The third-order valence-corrected chi connectivity index (χ3v) is 3.34. The van der Waals surface area contributed by atoms with Gasteiger partial charge in [0.15, 0.2) is 0 Å². The molecule has 2 aromatic carbocycles. The van der Waals surface area contributed by atoms with Crippen molar-refractivity contribution in [1.82, 2.24) is 5.32 Å². The van der Waals surface area contributed by atoms with Crippen LogP contribution in [0.1, 0.15) is 22.7 Å². The third-order valence-electron chi connectivity index (χ3n) is 3.34. The van der Waals surface area contributed by atoms with Crippen molar-refractivity contribution in [2.24, 2.45) is 0 Å². The number of nitrogens with one attached hydrogen (secondary N) is 1. The minimum atomic E-state index is -0.203. The van der Waals surface area contributed by atoms with Gasteiger partial charge >= 0.3 is 0 Å². The lowest BCUT2D eigenvalue weighted by Crippen LogP contribution is -2.13. The van der Waals surface area contributed by atoms with E-state index in [1.54, 1.807) is 19.2 Å². The fraction of sp³-hybridized carbons (Fsp3) is 0.200. The van der Waals surface area contributed by atoms with Crippen molar-refractivity contribution in [3.8, 4) is 5.75 Å². The molecule has 92 valence electrons. The first-order valence-electron chi connectivity index (χ1n) is 5.93. The summed E-state index contributed by atoms with van der Waals surface area (Å²) in [4.78, 5) is 0. The molecular formula is C15H14FNO. The highest BCUT2D eigenvalue weighted by Crippen LogP contribution is 2.33. The van der Waals surface area contributed by atoms with E-state index in [0.717, 1.165) is 17.9 Å². The van der Waals surface area contributed by atoms with E-state index in [9.17, 15) is 4.39 Å². The Bertz CT molecular complexity index is 582. The molecule has 0 aromatic heterocycles. The highest BCUT2D eigenvalue weighted by Gasteiger charge is 2.23. The Hall–Kier alpha value is -1.87. The second-order valence-electron chi connectivity index (χ2n) is 4.43. The molecule has 1 aliphatic heterocycles. The first-order valence-corrected chi connectivity index (χ1v) is 5.93. The Morgan fingerprint density at radius 3 is 2.89 bits per heavy atom. The van der Waals surface area contributed by atoms with Crippen molar-refractivity contribution in [3.05, 3.63) is 65.0 Å². The van der Waals surface area contributed by atoms with E-state index in [1.165, 1.54) is 17.2 Å². The molecule has 1 unspecified atom stereocenters. The predicted octanol–water partition coefficient (Wildman–Crippen LogP) is 3.03. The Morgan fingerprint density at radius 1 is 1.22 bits per heavy atom. The summed E-state index contributed by atoms with van der Waals surface area (Å²) < 4.78 is 18.5. The van der Waals surface area contributed by atoms with Crippen LogP contribution in [0.2, 0.25) is 0 Å². The van der Waals surface area contributed by atoms with E-state index in [2.05, 4.69) is 11.4 Å². The van der Waals surface area contributed by atoms with E-state index in [0.29, 0.717) is 0 Å². The quantitative estimate of drug-likeness (QED) is 0.875. The molecule has 0 spiro atoms. The summed E-state index contributed by atoms with van der Waals surface area (Å²) in [6.07, 6.45) is 0. The molecule has 2 aromatic rings. The van der Waals surface area contributed by atoms with Crippen LogP contribution in [0.5, 0.6) is 5.75 Å². The van der Waals surface area contributed by atoms with Crippen LogP contribution in [0.25, 0.3) is 0 Å². The summed E-state index contributed by atoms with van der Waals surface area (Å²) in [5.41, 5.74) is 3.35. The molecule has 0 saturated heterocycles. The van der Waals surface area contributed by atoms with Crippen LogP contribution in [-0.4, -0.2) is 7.11 Å². The van der Waals surface area contributed by atoms with Crippen molar-refractivity contribution < 1.29 is 9.13 Å². The third kappa shape index (κ3) is 1.87. The van der Waals surface area contributed by atoms with Gasteiger partial charge in [0.1, 0.15) is 11.6 Å². The molecule has 0 amide bonds. The van der Waals surface area contributed by atoms with E-state index in [4.69, 9.17) is 4.74 Å². The average Bonchev–Trinajstić information content (AvgIpc) is 2.81. The lowest BCUT2D eigenvalue weighted by Gasteiger charge is -2.13. The zero-order valence-electron chi connectivity index (χ0n) is 10.1. The van der Waals surface area contributed by atoms with Gasteiger partial charge in [0.05, 0.1) is 13.2 Å². The second kappa shape index (κ2) is 4.42. The molecule has 1 N–H and O–H groups in total. The Kier molecular flexibility index (Phi) is 2.76. The van der Waals surface area contributed by atoms with Crippen LogP contribution in [0.15, 0.2) is 42.5 Å². The van der Waals surface area contributed by atoms with Gasteiger partial charge in [0.25, 0.3) is 0 Å². The smallest absolute Gasteiger partial charge is 0.123 e. The molecule has 0 fully saturated rings. The van der Waals surface area contributed by atoms with Crippen LogP contribution in [0.3, 0.4) is 0 Å². The maximum absolute atomic E-state index is 13.3. The normalized spacial score (nSPS) is 17.6. The van der Waals surface area contributed by atoms with Crippen LogP contribution in [0.4, 0.5) is 4.39 Å². The molecule has 0 saturated carbocycles. The topological polar surface area (TPSA) is 21.3 Å². The van der Waals surface area contributed by atoms with Crippen molar-refractivity contribution in [2.45, 2.75) is 12.6 Å². The summed E-state index contributed by atoms with van der Waals surface area (Å²) in [5, 5.41) is 3.39. The number of fused-ring (bicyclic) bond motifs is 1. The molecule has 1 aliphatic rings. The van der Waals surface area contributed by atoms with Gasteiger partial charge in [-0.25, -0.2) is 4.39 Å². The van der Waals surface area contributed by atoms with E-state index < -0.39 is 0 Å². The van der Waals surface area contributed by atoms with E-state index in [-0.39, 0.29) is 11.9 Å². The molecule has 2 nitrogen and oxygen atoms in total. The highest BCUT2D eigenvalue weighted by molar-refractivity contribution is 5.45. The van der Waals surface area contributed by atoms with Crippen LogP contribution in [0, 0.1) is 5.82 Å². The molecule has 3 rings (SSSR count). The van der Waals surface area contributed by atoms with Crippen LogP contribution < -0.4 is 10.1 Å². The van der Waals surface area contributed by atoms with Gasteiger partial charge in [-0.05, 0) is 41.0 Å². The van der Waals surface area contributed by atoms with Gasteiger partial charge in [-0.1, -0.05) is 18.2 Å². The number of benzene rings is 2. The maximum Gasteiger partial charge on any atom is 0.123 e. The fourth-order valence-electron chi connectivity index (χ4n) is 2.44. The minimum absolute atomic E-state index is 0.0470. The van der Waals surface area contributed by atoms with Gasteiger partial charge in [-0.2, -0.15) is 0 Å². The minimum Gasteiger partial charge on any atom is -0.497 e. The summed E-state index contributed by atoms with van der Waals surface area (Å²) in [5.74, 6) is 0.629. The first kappa shape index (κ1) is 11.2. The Morgan fingerprint density at radius 2 is 2.11 bits per heavy atom. The van der Waals surface area contributed by atoms with Gasteiger partial charge in [0.2, 0.25) is 0 Å². The van der Waals surface area contributed by atoms with Crippen molar-refractivity contribution in [2.75, 3.05) is 7.11 Å². The zero-order chi connectivity index (χ0) is 12.5. The molecule has 0 aliphatic carbocycles. The van der Waals surface area contributed by atoms with Crippen LogP contribution >= 0.6 is 0 Å². The zero-order valence-corrected chi connectivity index (χ0v) is 10.1. The molecule has 0 radical (unpaired) electrons. The maximum atomic E-state index is 13.3. The largest absolute Gasteiger partial charge is 0.497 e. The number of methoxy groups -OCH3 is 1. The van der Waals surface area contributed by atoms with E-state index in [1.807, 2.05) is 18.2 Å². The Labute approximate surface area is 105 Å². The van der Waals surface area contributed by atoms with Crippen LogP contribution in [-0.2, 0) is 6.54 Å². The molecule has 3 heteroatoms. The summed E-state index contributed by atoms with van der Waals surface area (Å²) in [6, 6.07) is 12.8. The second-order valence-corrected chi connectivity index (χ2v) is 4.43. The molecule has 18 heavy (non-hydrogen) atoms. The molecule has 1 heterocycles. The molecule has 0 bridgehead atoms. The average molecular weight is 243 g/mol. The first-order chi connectivity index (χ1) is 8.78. The van der Waals surface area contributed by atoms with Gasteiger partial charge < -0.3 is 10.1 Å². The number of ether oxygens (including phenoxy) is 1. The summed E-state index contributed by atoms with van der Waals surface area (Å²) in [6.45, 7) is 0.806. The molecular weight excluding hydrogens is 229 g/mol. The number of hydrogen-bond acceptors (Lipinski definition) is 2. The van der Waals surface area contributed by atoms with Gasteiger partial charge in [-0.15, -0.1) is 0 Å². The lowest BCUT2D eigenvalue weighted by molar-refractivity contribution is 0.414. The standard InChI is InChI=1S/C15H14FNO/c1-18-13-6-5-11-9-17-15(14(11)8-13)10-3-2-4-12(16)7-10/h2-8,15,17H,9H2,1H3. The monoisotopic (exact) mass is 243 g/mol. The predicted molar refractivity (Wildman–Crippen MR) is 68.1 cm³/mol. The summed E-state index contributed by atoms with van der Waals surface area (Å²) in [7, 11) is 1.65. The van der Waals surface area contributed by atoms with Gasteiger partial charge in [0, 0.05) is 6.54 Å².